The number of carbonyl (C=O) groups is 2. The molecule has 2 aliphatic heterocycles. The predicted molar refractivity (Wildman–Crippen MR) is 156 cm³/mol. The summed E-state index contributed by atoms with van der Waals surface area (Å²) in [5, 5.41) is 6.15. The van der Waals surface area contributed by atoms with E-state index in [0.29, 0.717) is 13.1 Å². The highest BCUT2D eigenvalue weighted by Crippen LogP contribution is 2.32. The third kappa shape index (κ3) is 13.5. The Kier molecular flexibility index (Phi) is 17.4. The van der Waals surface area contributed by atoms with Crippen molar-refractivity contribution in [3.05, 3.63) is 0 Å². The summed E-state index contributed by atoms with van der Waals surface area (Å²) in [6.07, 6.45) is 9.08. The van der Waals surface area contributed by atoms with Crippen LogP contribution in [0, 0.1) is 11.8 Å². The molecule has 0 saturated carbocycles. The topological polar surface area (TPSA) is 64.7 Å². The number of carbonyl (C=O) groups excluding carboxylic acids is 2. The Balaban J connectivity index is 1.50. The molecule has 0 spiro atoms. The van der Waals surface area contributed by atoms with E-state index in [1.54, 1.807) is 0 Å². The zero-order valence-corrected chi connectivity index (χ0v) is 24.5. The largest absolute Gasteiger partial charge is 0.354 e. The summed E-state index contributed by atoms with van der Waals surface area (Å²) in [7, 11) is 0. The van der Waals surface area contributed by atoms with Gasteiger partial charge >= 0.3 is 0 Å². The van der Waals surface area contributed by atoms with Crippen molar-refractivity contribution in [3.63, 3.8) is 0 Å². The predicted octanol–water partition coefficient (Wildman–Crippen LogP) is 2.84. The molecular weight excluding hydrogens is 505 g/mol. The first-order valence-electron chi connectivity index (χ1n) is 12.7. The first-order chi connectivity index (χ1) is 16.6. The number of nitrogens with one attached hydrogen (secondary N) is 2. The van der Waals surface area contributed by atoms with Gasteiger partial charge in [0.05, 0.1) is 13.1 Å². The minimum absolute atomic E-state index is 0.175. The van der Waals surface area contributed by atoms with Gasteiger partial charge in [-0.05, 0) is 76.2 Å². The number of nitrogens with zero attached hydrogens (tertiary/aromatic N) is 2. The maximum absolute atomic E-state index is 12.2. The molecule has 0 aromatic heterocycles. The summed E-state index contributed by atoms with van der Waals surface area (Å²) in [6, 6.07) is 0. The highest BCUT2D eigenvalue weighted by atomic mass is 32.2. The Bertz CT molecular complexity index is 509. The van der Waals surface area contributed by atoms with Gasteiger partial charge in [-0.15, -0.1) is 0 Å². The molecule has 2 heterocycles. The summed E-state index contributed by atoms with van der Waals surface area (Å²) in [5.41, 5.74) is 0. The van der Waals surface area contributed by atoms with Crippen LogP contribution in [-0.2, 0) is 9.59 Å². The van der Waals surface area contributed by atoms with E-state index in [0.717, 1.165) is 74.1 Å². The van der Waals surface area contributed by atoms with Gasteiger partial charge in [0.2, 0.25) is 11.8 Å². The van der Waals surface area contributed by atoms with Gasteiger partial charge in [-0.2, -0.15) is 47.0 Å². The summed E-state index contributed by atoms with van der Waals surface area (Å²) in [6.45, 7) is 6.81. The van der Waals surface area contributed by atoms with Crippen molar-refractivity contribution in [2.75, 3.05) is 99.4 Å². The van der Waals surface area contributed by atoms with Gasteiger partial charge in [0.1, 0.15) is 0 Å². The molecule has 0 atom stereocenters. The van der Waals surface area contributed by atoms with Crippen LogP contribution < -0.4 is 10.6 Å². The van der Waals surface area contributed by atoms with E-state index >= 15 is 0 Å². The summed E-state index contributed by atoms with van der Waals surface area (Å²) >= 11 is 7.57. The number of likely N-dealkylation sites (tertiary alicyclic amines) is 2. The van der Waals surface area contributed by atoms with Crippen LogP contribution >= 0.6 is 47.0 Å². The highest BCUT2D eigenvalue weighted by molar-refractivity contribution is 8.03. The molecule has 0 aliphatic carbocycles. The first kappa shape index (κ1) is 30.5. The zero-order chi connectivity index (χ0) is 24.4. The normalized spacial score (nSPS) is 18.8. The summed E-state index contributed by atoms with van der Waals surface area (Å²) in [4.78, 5) is 29.1. The smallest absolute Gasteiger partial charge is 0.234 e. The monoisotopic (exact) mass is 550 g/mol. The van der Waals surface area contributed by atoms with E-state index in [1.807, 2.05) is 47.0 Å². The maximum atomic E-state index is 12.2. The number of hydrogen-bond acceptors (Lipinski definition) is 8. The Morgan fingerprint density at radius 2 is 1.03 bits per heavy atom. The van der Waals surface area contributed by atoms with Crippen molar-refractivity contribution in [1.29, 1.82) is 0 Å². The molecule has 10 heteroatoms. The maximum Gasteiger partial charge on any atom is 0.234 e. The lowest BCUT2D eigenvalue weighted by molar-refractivity contribution is -0.123. The highest BCUT2D eigenvalue weighted by Gasteiger charge is 2.30. The summed E-state index contributed by atoms with van der Waals surface area (Å²) < 4.78 is 0. The fourth-order valence-electron chi connectivity index (χ4n) is 4.70. The number of rotatable bonds is 17. The minimum Gasteiger partial charge on any atom is -0.354 e. The molecule has 198 valence electrons. The fourth-order valence-corrected chi connectivity index (χ4v) is 7.87. The molecule has 2 saturated heterocycles. The third-order valence-electron chi connectivity index (χ3n) is 6.67. The second-order valence-corrected chi connectivity index (χ2v) is 13.6. The molecule has 6 nitrogen and oxygen atoms in total. The molecule has 0 bridgehead atoms. The van der Waals surface area contributed by atoms with Gasteiger partial charge < -0.3 is 10.6 Å². The lowest BCUT2D eigenvalue weighted by Gasteiger charge is -2.40. The van der Waals surface area contributed by atoms with E-state index in [9.17, 15) is 9.59 Å². The van der Waals surface area contributed by atoms with E-state index in [-0.39, 0.29) is 11.8 Å². The van der Waals surface area contributed by atoms with E-state index < -0.39 is 0 Å². The second-order valence-electron chi connectivity index (χ2n) is 9.14. The lowest BCUT2D eigenvalue weighted by Crippen LogP contribution is -2.45. The second kappa shape index (κ2) is 19.4. The zero-order valence-electron chi connectivity index (χ0n) is 21.2. The standard InChI is InChI=1S/C24H46N4O2S4/c1-31-15-17-33-13-7-25-23(29)19-27-9-3-21(4-10-27)22-5-11-28(12-6-22)20-24(30)26-8-14-34-18-16-32-2/h21-22H,3-20H2,1-2H3,(H,25,29)(H,26,30). The van der Waals surface area contributed by atoms with Crippen LogP contribution in [0.15, 0.2) is 0 Å². The first-order valence-corrected chi connectivity index (χ1v) is 17.8. The number of amides is 2. The quantitative estimate of drug-likeness (QED) is 0.268. The van der Waals surface area contributed by atoms with Crippen LogP contribution in [0.25, 0.3) is 0 Å². The number of piperidine rings is 2. The average molecular weight is 551 g/mol. The molecule has 0 radical (unpaired) electrons. The van der Waals surface area contributed by atoms with Crippen LogP contribution in [-0.4, -0.2) is 121 Å². The number of thioether (sulfide) groups is 4. The fraction of sp³-hybridized carbons (Fsp3) is 0.917. The Morgan fingerprint density at radius 1 is 0.647 bits per heavy atom. The Labute approximate surface area is 225 Å². The van der Waals surface area contributed by atoms with Gasteiger partial charge in [-0.3, -0.25) is 19.4 Å². The van der Waals surface area contributed by atoms with Gasteiger partial charge in [0.25, 0.3) is 0 Å². The van der Waals surface area contributed by atoms with Crippen molar-refractivity contribution in [2.45, 2.75) is 25.7 Å². The van der Waals surface area contributed by atoms with E-state index in [1.165, 1.54) is 37.2 Å². The van der Waals surface area contributed by atoms with Crippen molar-refractivity contribution in [2.24, 2.45) is 11.8 Å². The molecule has 2 aliphatic rings. The van der Waals surface area contributed by atoms with Crippen molar-refractivity contribution >= 4 is 58.9 Å². The molecule has 0 unspecified atom stereocenters. The average Bonchev–Trinajstić information content (AvgIpc) is 2.84. The van der Waals surface area contributed by atoms with Crippen LogP contribution in [0.1, 0.15) is 25.7 Å². The molecule has 2 amide bonds. The van der Waals surface area contributed by atoms with Crippen molar-refractivity contribution in [1.82, 2.24) is 20.4 Å². The van der Waals surface area contributed by atoms with Crippen molar-refractivity contribution in [3.8, 4) is 0 Å². The van der Waals surface area contributed by atoms with Crippen LogP contribution in [0.4, 0.5) is 0 Å². The van der Waals surface area contributed by atoms with Crippen LogP contribution in [0.5, 0.6) is 0 Å². The molecular formula is C24H46N4O2S4. The van der Waals surface area contributed by atoms with E-state index in [2.05, 4.69) is 32.9 Å². The van der Waals surface area contributed by atoms with Crippen LogP contribution in [0.2, 0.25) is 0 Å². The molecule has 0 aromatic rings. The molecule has 0 aromatic carbocycles. The summed E-state index contributed by atoms with van der Waals surface area (Å²) in [5.74, 6) is 8.60. The Hall–Kier alpha value is 0.260. The third-order valence-corrected chi connectivity index (χ3v) is 10.4. The molecule has 2 rings (SSSR count). The van der Waals surface area contributed by atoms with E-state index in [4.69, 9.17) is 0 Å². The minimum atomic E-state index is 0.175. The van der Waals surface area contributed by atoms with Gasteiger partial charge in [0, 0.05) is 47.6 Å². The molecule has 2 N–H and O–H groups in total. The van der Waals surface area contributed by atoms with Crippen LogP contribution in [0.3, 0.4) is 0 Å². The number of hydrogen-bond donors (Lipinski definition) is 2. The van der Waals surface area contributed by atoms with Gasteiger partial charge in [-0.1, -0.05) is 0 Å². The molecule has 34 heavy (non-hydrogen) atoms. The van der Waals surface area contributed by atoms with Gasteiger partial charge in [0.15, 0.2) is 0 Å². The lowest BCUT2D eigenvalue weighted by atomic mass is 9.79. The molecule has 2 fully saturated rings. The Morgan fingerprint density at radius 3 is 1.38 bits per heavy atom. The SMILES string of the molecule is CSCCSCCNC(=O)CN1CCC(C2CCN(CC(=O)NCCSCCSC)CC2)CC1. The van der Waals surface area contributed by atoms with Crippen molar-refractivity contribution < 1.29 is 9.59 Å². The van der Waals surface area contributed by atoms with Gasteiger partial charge in [-0.25, -0.2) is 0 Å².